The van der Waals surface area contributed by atoms with Gasteiger partial charge in [0.15, 0.2) is 5.78 Å². The molecule has 8 heteroatoms. The third kappa shape index (κ3) is 3.60. The van der Waals surface area contributed by atoms with E-state index < -0.39 is 16.7 Å². The van der Waals surface area contributed by atoms with Crippen LogP contribution in [0, 0.1) is 24.0 Å². The SMILES string of the molecule is CCOC(=O)CC(=O)Cn1nc(C)c([N+](=O)[O-])c1C. The molecular weight excluding hydrogens is 254 g/mol. The molecule has 0 aliphatic heterocycles. The second-order valence-corrected chi connectivity index (χ2v) is 3.95. The van der Waals surface area contributed by atoms with Gasteiger partial charge in [0.1, 0.15) is 24.4 Å². The Morgan fingerprint density at radius 3 is 2.53 bits per heavy atom. The summed E-state index contributed by atoms with van der Waals surface area (Å²) in [6.45, 7) is 4.68. The Bertz CT molecular complexity index is 521. The number of Topliss-reactive ketones (excluding diaryl/α,β-unsaturated/α-hetero) is 1. The van der Waals surface area contributed by atoms with Crippen molar-refractivity contribution in [3.05, 3.63) is 21.5 Å². The average Bonchev–Trinajstić information content (AvgIpc) is 2.53. The first-order valence-corrected chi connectivity index (χ1v) is 5.72. The molecule has 19 heavy (non-hydrogen) atoms. The highest BCUT2D eigenvalue weighted by Crippen LogP contribution is 2.21. The highest BCUT2D eigenvalue weighted by atomic mass is 16.6. The van der Waals surface area contributed by atoms with E-state index in [4.69, 9.17) is 0 Å². The Morgan fingerprint density at radius 1 is 1.42 bits per heavy atom. The first kappa shape index (κ1) is 14.8. The maximum Gasteiger partial charge on any atom is 0.313 e. The fourth-order valence-electron chi connectivity index (χ4n) is 1.70. The quantitative estimate of drug-likeness (QED) is 0.329. The number of rotatable bonds is 6. The zero-order chi connectivity index (χ0) is 14.6. The Morgan fingerprint density at radius 2 is 2.05 bits per heavy atom. The number of hydrogen-bond donors (Lipinski definition) is 0. The van der Waals surface area contributed by atoms with Crippen LogP contribution in [0.5, 0.6) is 0 Å². The van der Waals surface area contributed by atoms with Gasteiger partial charge >= 0.3 is 11.7 Å². The number of hydrogen-bond acceptors (Lipinski definition) is 6. The van der Waals surface area contributed by atoms with Gasteiger partial charge in [-0.2, -0.15) is 5.10 Å². The largest absolute Gasteiger partial charge is 0.466 e. The lowest BCUT2D eigenvalue weighted by Gasteiger charge is -2.03. The van der Waals surface area contributed by atoms with Crippen molar-refractivity contribution in [3.63, 3.8) is 0 Å². The first-order valence-electron chi connectivity index (χ1n) is 5.72. The maximum atomic E-state index is 11.6. The van der Waals surface area contributed by atoms with Gasteiger partial charge in [0, 0.05) is 0 Å². The van der Waals surface area contributed by atoms with E-state index in [1.807, 2.05) is 0 Å². The Balaban J connectivity index is 2.78. The van der Waals surface area contributed by atoms with Gasteiger partial charge in [-0.25, -0.2) is 0 Å². The zero-order valence-electron chi connectivity index (χ0n) is 11.0. The number of aromatic nitrogens is 2. The van der Waals surface area contributed by atoms with E-state index in [1.54, 1.807) is 6.92 Å². The van der Waals surface area contributed by atoms with Crippen LogP contribution in [0.1, 0.15) is 24.7 Å². The summed E-state index contributed by atoms with van der Waals surface area (Å²) in [7, 11) is 0. The number of aryl methyl sites for hydroxylation is 1. The molecule has 0 aliphatic carbocycles. The van der Waals surface area contributed by atoms with E-state index in [-0.39, 0.29) is 31.0 Å². The van der Waals surface area contributed by atoms with Crippen LogP contribution in [-0.2, 0) is 20.9 Å². The van der Waals surface area contributed by atoms with Crippen LogP contribution in [0.2, 0.25) is 0 Å². The molecule has 104 valence electrons. The molecule has 0 amide bonds. The van der Waals surface area contributed by atoms with Gasteiger partial charge in [-0.1, -0.05) is 0 Å². The number of carbonyl (C=O) groups excluding carboxylic acids is 2. The number of ether oxygens (including phenoxy) is 1. The molecule has 0 radical (unpaired) electrons. The van der Waals surface area contributed by atoms with Crippen molar-refractivity contribution in [2.24, 2.45) is 0 Å². The van der Waals surface area contributed by atoms with Gasteiger partial charge in [-0.15, -0.1) is 0 Å². The lowest BCUT2D eigenvalue weighted by Crippen LogP contribution is -2.17. The summed E-state index contributed by atoms with van der Waals surface area (Å²) in [5, 5.41) is 14.7. The lowest BCUT2D eigenvalue weighted by atomic mass is 10.3. The van der Waals surface area contributed by atoms with Crippen LogP contribution in [0.4, 0.5) is 5.69 Å². The second kappa shape index (κ2) is 6.07. The van der Waals surface area contributed by atoms with E-state index >= 15 is 0 Å². The van der Waals surface area contributed by atoms with Gasteiger partial charge in [0.2, 0.25) is 0 Å². The monoisotopic (exact) mass is 269 g/mol. The summed E-state index contributed by atoms with van der Waals surface area (Å²) in [6, 6.07) is 0. The van der Waals surface area contributed by atoms with Crippen molar-refractivity contribution >= 4 is 17.4 Å². The average molecular weight is 269 g/mol. The fourth-order valence-corrected chi connectivity index (χ4v) is 1.70. The van der Waals surface area contributed by atoms with E-state index in [9.17, 15) is 19.7 Å². The van der Waals surface area contributed by atoms with E-state index in [1.165, 1.54) is 18.5 Å². The molecule has 0 spiro atoms. The number of nitro groups is 1. The van der Waals surface area contributed by atoms with E-state index in [2.05, 4.69) is 9.84 Å². The van der Waals surface area contributed by atoms with Crippen LogP contribution >= 0.6 is 0 Å². The molecule has 0 unspecified atom stereocenters. The summed E-state index contributed by atoms with van der Waals surface area (Å²) >= 11 is 0. The highest BCUT2D eigenvalue weighted by Gasteiger charge is 2.23. The van der Waals surface area contributed by atoms with Crippen LogP contribution < -0.4 is 0 Å². The summed E-state index contributed by atoms with van der Waals surface area (Å²) in [5.74, 6) is -1.01. The molecule has 0 aliphatic rings. The van der Waals surface area contributed by atoms with Crippen LogP contribution in [-0.4, -0.2) is 33.1 Å². The van der Waals surface area contributed by atoms with Gasteiger partial charge in [0.25, 0.3) is 0 Å². The Kier molecular flexibility index (Phi) is 4.74. The molecule has 1 aromatic rings. The van der Waals surface area contributed by atoms with Crippen LogP contribution in [0.25, 0.3) is 0 Å². The van der Waals surface area contributed by atoms with Crippen LogP contribution in [0.15, 0.2) is 0 Å². The van der Waals surface area contributed by atoms with Crippen LogP contribution in [0.3, 0.4) is 0 Å². The summed E-state index contributed by atoms with van der Waals surface area (Å²) in [5.41, 5.74) is 0.426. The molecule has 1 aromatic heterocycles. The van der Waals surface area contributed by atoms with Crippen molar-refractivity contribution < 1.29 is 19.2 Å². The fraction of sp³-hybridized carbons (Fsp3) is 0.545. The van der Waals surface area contributed by atoms with Crippen molar-refractivity contribution in [1.82, 2.24) is 9.78 Å². The van der Waals surface area contributed by atoms with Gasteiger partial charge in [0.05, 0.1) is 11.5 Å². The molecule has 0 fully saturated rings. The molecule has 8 nitrogen and oxygen atoms in total. The predicted molar refractivity (Wildman–Crippen MR) is 64.6 cm³/mol. The maximum absolute atomic E-state index is 11.6. The molecule has 0 bridgehead atoms. The number of ketones is 1. The Hall–Kier alpha value is -2.25. The standard InChI is InChI=1S/C11H15N3O5/c1-4-19-10(16)5-9(15)6-13-8(3)11(14(17)18)7(2)12-13/h4-6H2,1-3H3. The summed E-state index contributed by atoms with van der Waals surface area (Å²) in [6.07, 6.45) is -0.361. The summed E-state index contributed by atoms with van der Waals surface area (Å²) < 4.78 is 5.88. The molecule has 0 saturated heterocycles. The smallest absolute Gasteiger partial charge is 0.313 e. The van der Waals surface area contributed by atoms with Gasteiger partial charge in [-0.05, 0) is 20.8 Å². The third-order valence-electron chi connectivity index (χ3n) is 2.50. The second-order valence-electron chi connectivity index (χ2n) is 3.95. The minimum Gasteiger partial charge on any atom is -0.466 e. The van der Waals surface area contributed by atoms with E-state index in [0.717, 1.165) is 0 Å². The normalized spacial score (nSPS) is 10.3. The molecule has 0 saturated carbocycles. The molecular formula is C11H15N3O5. The number of carbonyl (C=O) groups is 2. The number of nitrogens with zero attached hydrogens (tertiary/aromatic N) is 3. The van der Waals surface area contributed by atoms with Gasteiger partial charge in [-0.3, -0.25) is 24.4 Å². The number of esters is 1. The molecule has 1 rings (SSSR count). The molecule has 0 N–H and O–H groups in total. The van der Waals surface area contributed by atoms with Crippen molar-refractivity contribution in [2.45, 2.75) is 33.7 Å². The zero-order valence-corrected chi connectivity index (χ0v) is 11.0. The van der Waals surface area contributed by atoms with Crippen molar-refractivity contribution in [3.8, 4) is 0 Å². The first-order chi connectivity index (χ1) is 8.86. The van der Waals surface area contributed by atoms with Crippen molar-refractivity contribution in [2.75, 3.05) is 6.61 Å². The highest BCUT2D eigenvalue weighted by molar-refractivity contribution is 5.95. The molecule has 0 atom stereocenters. The summed E-state index contributed by atoms with van der Waals surface area (Å²) in [4.78, 5) is 33.0. The minimum absolute atomic E-state index is 0.107. The Labute approximate surface area is 109 Å². The third-order valence-corrected chi connectivity index (χ3v) is 2.50. The minimum atomic E-state index is -0.608. The van der Waals surface area contributed by atoms with E-state index in [0.29, 0.717) is 5.69 Å². The topological polar surface area (TPSA) is 104 Å². The van der Waals surface area contributed by atoms with Crippen molar-refractivity contribution in [1.29, 1.82) is 0 Å². The lowest BCUT2D eigenvalue weighted by molar-refractivity contribution is -0.386. The predicted octanol–water partition coefficient (Wildman–Crippen LogP) is 0.930. The van der Waals surface area contributed by atoms with Gasteiger partial charge < -0.3 is 4.74 Å². The molecule has 1 heterocycles. The molecule has 0 aromatic carbocycles.